The van der Waals surface area contributed by atoms with Gasteiger partial charge in [0.25, 0.3) is 0 Å². The molecule has 0 amide bonds. The molecular formula is C30H26Cl2GeZr-4. The van der Waals surface area contributed by atoms with Crippen molar-refractivity contribution in [2.45, 2.75) is 0 Å². The molecule has 0 aliphatic heterocycles. The average Bonchev–Trinajstić information content (AvgIpc) is 3.58. The molecule has 0 aliphatic rings. The summed E-state index contributed by atoms with van der Waals surface area (Å²) in [5.41, 5.74) is 0. The van der Waals surface area contributed by atoms with Crippen molar-refractivity contribution in [3.63, 3.8) is 0 Å². The molecule has 0 nitrogen and oxygen atoms in total. The van der Waals surface area contributed by atoms with E-state index >= 15 is 0 Å². The first kappa shape index (κ1) is 32.1. The van der Waals surface area contributed by atoms with E-state index in [1.54, 1.807) is 21.6 Å². The van der Waals surface area contributed by atoms with Crippen LogP contribution in [-0.4, -0.2) is 12.1 Å². The zero-order valence-electron chi connectivity index (χ0n) is 18.7. The van der Waals surface area contributed by atoms with Crippen LogP contribution in [0.1, 0.15) is 0 Å². The van der Waals surface area contributed by atoms with Gasteiger partial charge in [0.05, 0.1) is 0 Å². The first-order chi connectivity index (χ1) is 15.9. The fourth-order valence-electron chi connectivity index (χ4n) is 2.82. The van der Waals surface area contributed by atoms with Crippen LogP contribution >= 0.6 is 24.8 Å². The molecule has 0 bridgehead atoms. The van der Waals surface area contributed by atoms with E-state index in [0.717, 1.165) is 0 Å². The number of benzene rings is 4. The summed E-state index contributed by atoms with van der Waals surface area (Å²) < 4.78 is 0. The van der Waals surface area contributed by atoms with Crippen LogP contribution in [0.4, 0.5) is 0 Å². The third kappa shape index (κ3) is 13.1. The molecule has 6 aromatic carbocycles. The van der Waals surface area contributed by atoms with Gasteiger partial charge in [-0.25, -0.2) is 0 Å². The molecule has 0 saturated heterocycles. The minimum atomic E-state index is 0. The van der Waals surface area contributed by atoms with Crippen LogP contribution in [0, 0.1) is 12.1 Å². The summed E-state index contributed by atoms with van der Waals surface area (Å²) in [5, 5.41) is 5.32. The summed E-state index contributed by atoms with van der Waals surface area (Å²) in [7, 11) is 0. The summed E-state index contributed by atoms with van der Waals surface area (Å²) in [6.07, 6.45) is 0. The van der Waals surface area contributed by atoms with E-state index in [-0.39, 0.29) is 24.8 Å². The smallest absolute Gasteiger partial charge is 0.0809 e. The second kappa shape index (κ2) is 21.6. The fraction of sp³-hybridized carbons (Fsp3) is 0. The standard InChI is InChI=1S/2C9H7.2C6H5.2ClH.Ge.Zr/c2*1-2-5-9-7-3-6-8(9)4-1;2*1-2-4-6-5-3-1;;;;/h2*1-7H;2*1-5H;2*1H;;/q4*-1;;;;. The van der Waals surface area contributed by atoms with Gasteiger partial charge in [-0.3, -0.25) is 0 Å². The number of hydrogen-bond acceptors (Lipinski definition) is 0. The maximum absolute atomic E-state index is 2.89. The Hall–Kier alpha value is -1.89. The Kier molecular flexibility index (Phi) is 20.4. The first-order valence-corrected chi connectivity index (χ1v) is 17.6. The van der Waals surface area contributed by atoms with Crippen LogP contribution < -0.4 is 0 Å². The predicted octanol–water partition coefficient (Wildman–Crippen LogP) is 8.55. The third-order valence-electron chi connectivity index (χ3n) is 4.31. The molecule has 0 atom stereocenters. The van der Waals surface area contributed by atoms with Crippen LogP contribution in [0.2, 0.25) is 0 Å². The van der Waals surface area contributed by atoms with Gasteiger partial charge in [0.1, 0.15) is 0 Å². The molecule has 2 radical (unpaired) electrons. The zero-order chi connectivity index (χ0) is 22.7. The molecule has 0 N–H and O–H groups in total. The Morgan fingerprint density at radius 3 is 1.09 bits per heavy atom. The van der Waals surface area contributed by atoms with Gasteiger partial charge in [-0.2, -0.15) is 108 Å². The van der Waals surface area contributed by atoms with E-state index < -0.39 is 0 Å². The zero-order valence-corrected chi connectivity index (χ0v) is 24.9. The van der Waals surface area contributed by atoms with Gasteiger partial charge in [0.2, 0.25) is 0 Å². The van der Waals surface area contributed by atoms with Gasteiger partial charge in [0.15, 0.2) is 0 Å². The van der Waals surface area contributed by atoms with Crippen molar-refractivity contribution >= 4 is 58.5 Å². The Bertz CT molecular complexity index is 1010. The molecular weight excluding hydrogens is 595 g/mol. The minimum Gasteiger partial charge on any atom is -0.184 e. The normalized spacial score (nSPS) is 8.32. The second-order valence-corrected chi connectivity index (χ2v) is 6.46. The quantitative estimate of drug-likeness (QED) is 0.118. The Labute approximate surface area is 236 Å². The summed E-state index contributed by atoms with van der Waals surface area (Å²) in [4.78, 5) is 0. The Morgan fingerprint density at radius 1 is 0.471 bits per heavy atom. The summed E-state index contributed by atoms with van der Waals surface area (Å²) in [6.45, 7) is 0. The van der Waals surface area contributed by atoms with E-state index in [2.05, 4.69) is 109 Å². The minimum absolute atomic E-state index is 0. The Morgan fingerprint density at radius 2 is 0.824 bits per heavy atom. The third-order valence-corrected chi connectivity index (χ3v) is 4.31. The molecule has 0 spiro atoms. The number of fused-ring (bicyclic) bond motifs is 2. The van der Waals surface area contributed by atoms with Crippen molar-refractivity contribution in [1.82, 2.24) is 0 Å². The van der Waals surface area contributed by atoms with E-state index in [9.17, 15) is 0 Å². The SMILES string of the molecule is Cl.Cl.[Ge]=[Zr].[c-]1ccccc1.[c-]1ccccc1.c1ccc2[cH-]ccc2c1.c1ccc2[cH-]ccc2c1. The molecule has 0 heterocycles. The van der Waals surface area contributed by atoms with Crippen molar-refractivity contribution in [2.75, 3.05) is 0 Å². The molecule has 6 rings (SSSR count). The fourth-order valence-corrected chi connectivity index (χ4v) is 2.82. The van der Waals surface area contributed by atoms with Crippen molar-refractivity contribution in [1.29, 1.82) is 0 Å². The van der Waals surface area contributed by atoms with Crippen LogP contribution in [0.25, 0.3) is 21.5 Å². The van der Waals surface area contributed by atoms with E-state index in [0.29, 0.717) is 0 Å². The molecule has 0 unspecified atom stereocenters. The maximum atomic E-state index is 2.89. The molecule has 4 heteroatoms. The molecule has 0 aliphatic carbocycles. The van der Waals surface area contributed by atoms with Crippen molar-refractivity contribution in [3.05, 3.63) is 158 Å². The number of rotatable bonds is 0. The molecule has 6 aromatic rings. The van der Waals surface area contributed by atoms with Crippen LogP contribution in [0.5, 0.6) is 0 Å². The average molecular weight is 621 g/mol. The summed E-state index contributed by atoms with van der Waals surface area (Å²) >= 11 is 3.64. The largest absolute Gasteiger partial charge is 0.184 e. The number of hydrogen-bond donors (Lipinski definition) is 0. The van der Waals surface area contributed by atoms with E-state index in [1.807, 2.05) is 60.7 Å². The van der Waals surface area contributed by atoms with Crippen LogP contribution in [0.3, 0.4) is 0 Å². The van der Waals surface area contributed by atoms with Gasteiger partial charge < -0.3 is 0 Å². The molecule has 0 aromatic heterocycles. The monoisotopic (exact) mass is 620 g/mol. The molecule has 34 heavy (non-hydrogen) atoms. The topological polar surface area (TPSA) is 0 Å². The van der Waals surface area contributed by atoms with Crippen molar-refractivity contribution in [3.8, 4) is 0 Å². The van der Waals surface area contributed by atoms with Gasteiger partial charge >= 0.3 is 33.7 Å². The van der Waals surface area contributed by atoms with Gasteiger partial charge in [-0.15, -0.1) is 84.1 Å². The first-order valence-electron chi connectivity index (χ1n) is 10.2. The van der Waals surface area contributed by atoms with E-state index in [1.165, 1.54) is 21.5 Å². The molecule has 0 saturated carbocycles. The maximum Gasteiger partial charge on any atom is -0.0809 e. The second-order valence-electron chi connectivity index (χ2n) is 6.46. The predicted molar refractivity (Wildman–Crippen MR) is 150 cm³/mol. The van der Waals surface area contributed by atoms with E-state index in [4.69, 9.17) is 0 Å². The van der Waals surface area contributed by atoms with Gasteiger partial charge in [-0.1, -0.05) is 12.1 Å². The summed E-state index contributed by atoms with van der Waals surface area (Å²) in [5.74, 6) is 0. The summed E-state index contributed by atoms with van der Waals surface area (Å²) in [6, 6.07) is 54.3. The van der Waals surface area contributed by atoms with Gasteiger partial charge in [-0.05, 0) is 0 Å². The van der Waals surface area contributed by atoms with Crippen LogP contribution in [0.15, 0.2) is 146 Å². The van der Waals surface area contributed by atoms with Gasteiger partial charge in [0, 0.05) is 0 Å². The van der Waals surface area contributed by atoms with Crippen molar-refractivity contribution < 1.29 is 21.6 Å². The number of halogens is 2. The Balaban J connectivity index is 0.000000416. The molecule has 0 fully saturated rings. The van der Waals surface area contributed by atoms with Crippen molar-refractivity contribution in [2.24, 2.45) is 0 Å². The van der Waals surface area contributed by atoms with Crippen LogP contribution in [-0.2, 0) is 21.6 Å². The molecule has 172 valence electrons.